The van der Waals surface area contributed by atoms with E-state index in [4.69, 9.17) is 4.74 Å². The molecule has 0 saturated heterocycles. The molecule has 1 aliphatic rings. The van der Waals surface area contributed by atoms with Gasteiger partial charge in [-0.3, -0.25) is 4.79 Å². The number of methoxy groups -OCH3 is 1. The molecule has 0 amide bonds. The van der Waals surface area contributed by atoms with Crippen LogP contribution in [0.25, 0.3) is 0 Å². The van der Waals surface area contributed by atoms with Gasteiger partial charge in [0.05, 0.1) is 7.11 Å². The maximum Gasteiger partial charge on any atom is 0.319 e. The maximum atomic E-state index is 11.7. The summed E-state index contributed by atoms with van der Waals surface area (Å²) in [6, 6.07) is 8.51. The lowest BCUT2D eigenvalue weighted by Gasteiger charge is -2.14. The lowest BCUT2D eigenvalue weighted by molar-refractivity contribution is -0.140. The van der Waals surface area contributed by atoms with Crippen molar-refractivity contribution in [3.8, 4) is 0 Å². The van der Waals surface area contributed by atoms with E-state index in [1.54, 1.807) is 11.8 Å². The van der Waals surface area contributed by atoms with Crippen molar-refractivity contribution in [3.05, 3.63) is 29.8 Å². The molecular weight excluding hydrogens is 244 g/mol. The molecule has 1 unspecified atom stereocenters. The summed E-state index contributed by atoms with van der Waals surface area (Å²) in [5, 5.41) is -0.0279. The van der Waals surface area contributed by atoms with Crippen LogP contribution in [0, 0.1) is 5.92 Å². The van der Waals surface area contributed by atoms with Crippen LogP contribution < -0.4 is 0 Å². The third-order valence-corrected chi connectivity index (χ3v) is 4.67. The Morgan fingerprint density at radius 3 is 2.33 bits per heavy atom. The van der Waals surface area contributed by atoms with E-state index < -0.39 is 0 Å². The van der Waals surface area contributed by atoms with Crippen molar-refractivity contribution in [2.24, 2.45) is 5.92 Å². The van der Waals surface area contributed by atoms with Gasteiger partial charge in [0.15, 0.2) is 0 Å². The number of carbonyl (C=O) groups is 1. The summed E-state index contributed by atoms with van der Waals surface area (Å²) in [7, 11) is 1.47. The molecule has 0 spiro atoms. The summed E-state index contributed by atoms with van der Waals surface area (Å²) < 4.78 is 4.89. The SMILES string of the molecule is COC(=O)C(Sc1ccc(C(C)C)cc1)C1CC1. The predicted octanol–water partition coefficient (Wildman–Crippen LogP) is 3.85. The van der Waals surface area contributed by atoms with Crippen LogP contribution in [0.5, 0.6) is 0 Å². The van der Waals surface area contributed by atoms with Crippen molar-refractivity contribution >= 4 is 17.7 Å². The second-order valence-electron chi connectivity index (χ2n) is 5.12. The van der Waals surface area contributed by atoms with Crippen LogP contribution in [0.2, 0.25) is 0 Å². The Morgan fingerprint density at radius 1 is 1.28 bits per heavy atom. The zero-order valence-electron chi connectivity index (χ0n) is 11.2. The first-order valence-corrected chi connectivity index (χ1v) is 7.34. The minimum absolute atomic E-state index is 0.0279. The molecule has 1 aliphatic carbocycles. The maximum absolute atomic E-state index is 11.7. The molecule has 1 saturated carbocycles. The van der Waals surface area contributed by atoms with Crippen LogP contribution in [0.1, 0.15) is 38.2 Å². The Kier molecular flexibility index (Phi) is 4.33. The smallest absolute Gasteiger partial charge is 0.319 e. The number of hydrogen-bond donors (Lipinski definition) is 0. The van der Waals surface area contributed by atoms with E-state index in [1.807, 2.05) is 0 Å². The van der Waals surface area contributed by atoms with Crippen molar-refractivity contribution in [1.82, 2.24) is 0 Å². The summed E-state index contributed by atoms with van der Waals surface area (Å²) in [4.78, 5) is 12.9. The molecule has 0 bridgehead atoms. The summed E-state index contributed by atoms with van der Waals surface area (Å²) >= 11 is 1.64. The first-order valence-electron chi connectivity index (χ1n) is 6.46. The normalized spacial score (nSPS) is 16.7. The van der Waals surface area contributed by atoms with Gasteiger partial charge in [0, 0.05) is 4.90 Å². The van der Waals surface area contributed by atoms with E-state index >= 15 is 0 Å². The number of esters is 1. The fourth-order valence-electron chi connectivity index (χ4n) is 1.93. The Labute approximate surface area is 113 Å². The summed E-state index contributed by atoms with van der Waals surface area (Å²) in [6.45, 7) is 4.37. The van der Waals surface area contributed by atoms with E-state index in [0.29, 0.717) is 11.8 Å². The minimum atomic E-state index is -0.0876. The Morgan fingerprint density at radius 2 is 1.89 bits per heavy atom. The van der Waals surface area contributed by atoms with Crippen molar-refractivity contribution in [1.29, 1.82) is 0 Å². The largest absolute Gasteiger partial charge is 0.468 e. The predicted molar refractivity (Wildman–Crippen MR) is 74.9 cm³/mol. The molecule has 98 valence electrons. The first-order chi connectivity index (χ1) is 8.61. The zero-order chi connectivity index (χ0) is 13.1. The number of thioether (sulfide) groups is 1. The molecule has 0 heterocycles. The highest BCUT2D eigenvalue weighted by molar-refractivity contribution is 8.00. The summed E-state index contributed by atoms with van der Waals surface area (Å²) in [5.74, 6) is 0.964. The molecule has 2 nitrogen and oxygen atoms in total. The van der Waals surface area contributed by atoms with E-state index in [2.05, 4.69) is 38.1 Å². The van der Waals surface area contributed by atoms with Gasteiger partial charge in [0.2, 0.25) is 0 Å². The Bertz CT molecular complexity index is 407. The lowest BCUT2D eigenvalue weighted by atomic mass is 10.0. The molecule has 1 aromatic rings. The van der Waals surface area contributed by atoms with Gasteiger partial charge in [-0.2, -0.15) is 0 Å². The average molecular weight is 264 g/mol. The standard InChI is InChI=1S/C15H20O2S/c1-10(2)11-6-8-13(9-7-11)18-14(12-4-5-12)15(16)17-3/h6-10,12,14H,4-5H2,1-3H3. The molecule has 2 rings (SSSR count). The first kappa shape index (κ1) is 13.5. The Balaban J connectivity index is 2.04. The second-order valence-corrected chi connectivity index (χ2v) is 6.34. The van der Waals surface area contributed by atoms with Gasteiger partial charge in [0.1, 0.15) is 5.25 Å². The second kappa shape index (κ2) is 5.79. The number of hydrogen-bond acceptors (Lipinski definition) is 3. The molecule has 0 aromatic heterocycles. The highest BCUT2D eigenvalue weighted by Gasteiger charge is 2.37. The molecule has 0 radical (unpaired) electrons. The molecule has 1 atom stereocenters. The van der Waals surface area contributed by atoms with Crippen molar-refractivity contribution < 1.29 is 9.53 Å². The molecular formula is C15H20O2S. The summed E-state index contributed by atoms with van der Waals surface area (Å²) in [6.07, 6.45) is 2.30. The highest BCUT2D eigenvalue weighted by Crippen LogP contribution is 2.42. The number of rotatable bonds is 5. The Hall–Kier alpha value is -0.960. The summed E-state index contributed by atoms with van der Waals surface area (Å²) in [5.41, 5.74) is 1.33. The lowest BCUT2D eigenvalue weighted by Crippen LogP contribution is -2.20. The molecule has 3 heteroatoms. The van der Waals surface area contributed by atoms with E-state index in [0.717, 1.165) is 17.7 Å². The molecule has 18 heavy (non-hydrogen) atoms. The van der Waals surface area contributed by atoms with Gasteiger partial charge in [-0.05, 0) is 42.4 Å². The van der Waals surface area contributed by atoms with Crippen LogP contribution in [0.3, 0.4) is 0 Å². The van der Waals surface area contributed by atoms with Gasteiger partial charge in [-0.15, -0.1) is 11.8 Å². The van der Waals surface area contributed by atoms with Crippen molar-refractivity contribution in [2.45, 2.75) is 42.8 Å². The van der Waals surface area contributed by atoms with Gasteiger partial charge in [-0.1, -0.05) is 26.0 Å². The van der Waals surface area contributed by atoms with Gasteiger partial charge in [0.25, 0.3) is 0 Å². The minimum Gasteiger partial charge on any atom is -0.468 e. The molecule has 0 aliphatic heterocycles. The van der Waals surface area contributed by atoms with E-state index in [9.17, 15) is 4.79 Å². The number of benzene rings is 1. The number of carbonyl (C=O) groups excluding carboxylic acids is 1. The fraction of sp³-hybridized carbons (Fsp3) is 0.533. The van der Waals surface area contributed by atoms with Gasteiger partial charge in [-0.25, -0.2) is 0 Å². The molecule has 1 fully saturated rings. The van der Waals surface area contributed by atoms with E-state index in [-0.39, 0.29) is 11.2 Å². The fourth-order valence-corrected chi connectivity index (χ4v) is 3.17. The van der Waals surface area contributed by atoms with Crippen LogP contribution in [-0.4, -0.2) is 18.3 Å². The third-order valence-electron chi connectivity index (χ3n) is 3.29. The van der Waals surface area contributed by atoms with Crippen LogP contribution in [-0.2, 0) is 9.53 Å². The van der Waals surface area contributed by atoms with Gasteiger partial charge >= 0.3 is 5.97 Å². The van der Waals surface area contributed by atoms with Crippen molar-refractivity contribution in [3.63, 3.8) is 0 Å². The topological polar surface area (TPSA) is 26.3 Å². The van der Waals surface area contributed by atoms with Crippen molar-refractivity contribution in [2.75, 3.05) is 7.11 Å². The van der Waals surface area contributed by atoms with E-state index in [1.165, 1.54) is 12.7 Å². The van der Waals surface area contributed by atoms with Gasteiger partial charge < -0.3 is 4.74 Å². The third kappa shape index (κ3) is 3.29. The average Bonchev–Trinajstić information content (AvgIpc) is 3.20. The molecule has 1 aromatic carbocycles. The highest BCUT2D eigenvalue weighted by atomic mass is 32.2. The number of ether oxygens (including phenoxy) is 1. The van der Waals surface area contributed by atoms with Crippen LogP contribution >= 0.6 is 11.8 Å². The monoisotopic (exact) mass is 264 g/mol. The van der Waals surface area contributed by atoms with Crippen LogP contribution in [0.4, 0.5) is 0 Å². The quantitative estimate of drug-likeness (QED) is 0.597. The zero-order valence-corrected chi connectivity index (χ0v) is 12.0. The molecule has 0 N–H and O–H groups in total. The van der Waals surface area contributed by atoms with Crippen LogP contribution in [0.15, 0.2) is 29.2 Å².